The summed E-state index contributed by atoms with van der Waals surface area (Å²) in [5.74, 6) is -0.501. The van der Waals surface area contributed by atoms with Gasteiger partial charge in [0.15, 0.2) is 0 Å². The molecule has 18 heavy (non-hydrogen) atoms. The van der Waals surface area contributed by atoms with Crippen molar-refractivity contribution in [2.24, 2.45) is 0 Å². The molecule has 1 aromatic heterocycles. The van der Waals surface area contributed by atoms with E-state index in [9.17, 15) is 14.4 Å². The fourth-order valence-corrected chi connectivity index (χ4v) is 1.82. The lowest BCUT2D eigenvalue weighted by Gasteiger charge is -2.14. The maximum Gasteiger partial charge on any atom is 0.243 e. The van der Waals surface area contributed by atoms with Crippen LogP contribution in [0.15, 0.2) is 12.5 Å². The molecule has 0 saturated carbocycles. The minimum absolute atomic E-state index is 0.144. The molecule has 0 spiro atoms. The van der Waals surface area contributed by atoms with E-state index >= 15 is 0 Å². The molecule has 1 aliphatic heterocycles. The van der Waals surface area contributed by atoms with Crippen molar-refractivity contribution in [3.8, 4) is 0 Å². The topological polar surface area (TPSA) is 104 Å². The van der Waals surface area contributed by atoms with E-state index in [2.05, 4.69) is 20.6 Å². The maximum atomic E-state index is 11.8. The van der Waals surface area contributed by atoms with E-state index in [0.29, 0.717) is 18.5 Å². The summed E-state index contributed by atoms with van der Waals surface area (Å²) in [5.41, 5.74) is 0.666. The second kappa shape index (κ2) is 5.44. The molecule has 0 unspecified atom stereocenters. The van der Waals surface area contributed by atoms with Crippen molar-refractivity contribution in [2.45, 2.75) is 31.3 Å². The second-order valence-corrected chi connectivity index (χ2v) is 4.10. The molecule has 2 heterocycles. The fraction of sp³-hybridized carbons (Fsp3) is 0.455. The van der Waals surface area contributed by atoms with Crippen molar-refractivity contribution in [2.75, 3.05) is 0 Å². The second-order valence-electron chi connectivity index (χ2n) is 4.10. The van der Waals surface area contributed by atoms with Crippen LogP contribution in [-0.4, -0.2) is 40.2 Å². The summed E-state index contributed by atoms with van der Waals surface area (Å²) in [6.45, 7) is 0. The fourth-order valence-electron chi connectivity index (χ4n) is 1.82. The molecule has 2 atom stereocenters. The minimum Gasteiger partial charge on any atom is -0.351 e. The summed E-state index contributed by atoms with van der Waals surface area (Å²) in [6.07, 6.45) is 5.97. The van der Waals surface area contributed by atoms with Gasteiger partial charge in [-0.1, -0.05) is 0 Å². The van der Waals surface area contributed by atoms with E-state index in [4.69, 9.17) is 0 Å². The number of carbonyl (C=O) groups is 2. The van der Waals surface area contributed by atoms with Crippen LogP contribution in [0.5, 0.6) is 0 Å². The van der Waals surface area contributed by atoms with Crippen molar-refractivity contribution in [3.63, 3.8) is 0 Å². The molecule has 0 bridgehead atoms. The van der Waals surface area contributed by atoms with E-state index in [0.717, 1.165) is 0 Å². The lowest BCUT2D eigenvalue weighted by molar-refractivity contribution is -0.126. The minimum atomic E-state index is -0.752. The Morgan fingerprint density at radius 1 is 1.67 bits per heavy atom. The van der Waals surface area contributed by atoms with Gasteiger partial charge >= 0.3 is 0 Å². The number of nitrogens with one attached hydrogen (secondary N) is 3. The first-order valence-corrected chi connectivity index (χ1v) is 5.64. The number of amides is 2. The summed E-state index contributed by atoms with van der Waals surface area (Å²) in [7, 11) is 0. The summed E-state index contributed by atoms with van der Waals surface area (Å²) in [6, 6.07) is -1.30. The van der Waals surface area contributed by atoms with Crippen LogP contribution in [0.25, 0.3) is 0 Å². The van der Waals surface area contributed by atoms with Gasteiger partial charge in [-0.3, -0.25) is 14.4 Å². The normalized spacial score (nSPS) is 20.2. The molecular weight excluding hydrogens is 236 g/mol. The molecule has 1 fully saturated rings. The monoisotopic (exact) mass is 249 g/mol. The highest BCUT2D eigenvalue weighted by Gasteiger charge is 2.28. The standard InChI is InChI=1S/C11H13N4O3/c16-5-8(3-7-4-12-6-13-7)14-11(18)9-1-2-10(17)15-9/h4,6,8-9H,1-3H2,(H,12,13)(H,14,18)(H,15,17)/t8-,9+/m0/s1. The predicted octanol–water partition coefficient (Wildman–Crippen LogP) is -1.17. The number of H-pyrrole nitrogens is 1. The molecule has 2 rings (SSSR count). The van der Waals surface area contributed by atoms with Gasteiger partial charge in [0.2, 0.25) is 18.1 Å². The van der Waals surface area contributed by atoms with Gasteiger partial charge in [-0.2, -0.15) is 0 Å². The number of rotatable bonds is 5. The Balaban J connectivity index is 1.88. The third-order valence-electron chi connectivity index (χ3n) is 2.74. The molecule has 95 valence electrons. The summed E-state index contributed by atoms with van der Waals surface area (Å²) >= 11 is 0. The van der Waals surface area contributed by atoms with Crippen molar-refractivity contribution >= 4 is 18.1 Å². The van der Waals surface area contributed by atoms with Crippen LogP contribution in [0.2, 0.25) is 0 Å². The molecule has 1 radical (unpaired) electrons. The Kier molecular flexibility index (Phi) is 3.71. The molecule has 1 aliphatic rings. The highest BCUT2D eigenvalue weighted by Crippen LogP contribution is 2.07. The van der Waals surface area contributed by atoms with Crippen LogP contribution >= 0.6 is 0 Å². The Morgan fingerprint density at radius 2 is 2.50 bits per heavy atom. The molecule has 7 nitrogen and oxygen atoms in total. The zero-order valence-corrected chi connectivity index (χ0v) is 9.60. The number of hydrogen-bond donors (Lipinski definition) is 3. The summed E-state index contributed by atoms with van der Waals surface area (Å²) in [5, 5.41) is 5.08. The third kappa shape index (κ3) is 2.93. The maximum absolute atomic E-state index is 11.8. The van der Waals surface area contributed by atoms with Gasteiger partial charge in [-0.15, -0.1) is 0 Å². The van der Waals surface area contributed by atoms with E-state index in [1.165, 1.54) is 6.33 Å². The number of nitrogens with zero attached hydrogens (tertiary/aromatic N) is 1. The highest BCUT2D eigenvalue weighted by atomic mass is 16.2. The zero-order valence-electron chi connectivity index (χ0n) is 9.60. The zero-order chi connectivity index (χ0) is 13.0. The van der Waals surface area contributed by atoms with Gasteiger partial charge in [-0.05, 0) is 6.42 Å². The summed E-state index contributed by atoms with van der Waals surface area (Å²) < 4.78 is 0. The average molecular weight is 249 g/mol. The van der Waals surface area contributed by atoms with Crippen molar-refractivity contribution in [1.29, 1.82) is 0 Å². The lowest BCUT2D eigenvalue weighted by Crippen LogP contribution is -2.47. The van der Waals surface area contributed by atoms with E-state index in [-0.39, 0.29) is 18.2 Å². The molecule has 7 heteroatoms. The van der Waals surface area contributed by atoms with Crippen LogP contribution in [0.4, 0.5) is 0 Å². The van der Waals surface area contributed by atoms with Gasteiger partial charge < -0.3 is 15.6 Å². The van der Waals surface area contributed by atoms with Crippen LogP contribution in [-0.2, 0) is 20.8 Å². The Labute approximate surface area is 103 Å². The third-order valence-corrected chi connectivity index (χ3v) is 2.74. The largest absolute Gasteiger partial charge is 0.351 e. The van der Waals surface area contributed by atoms with Crippen molar-refractivity contribution < 1.29 is 14.4 Å². The van der Waals surface area contributed by atoms with Gasteiger partial charge in [0, 0.05) is 19.0 Å². The predicted molar refractivity (Wildman–Crippen MR) is 61.1 cm³/mol. The molecule has 1 saturated heterocycles. The van der Waals surface area contributed by atoms with Crippen LogP contribution in [0, 0.1) is 0 Å². The first kappa shape index (κ1) is 12.3. The van der Waals surface area contributed by atoms with Crippen LogP contribution < -0.4 is 10.6 Å². The molecular formula is C11H13N4O3. The molecule has 0 aliphatic carbocycles. The highest BCUT2D eigenvalue weighted by molar-refractivity contribution is 5.91. The molecule has 2 amide bonds. The first-order chi connectivity index (χ1) is 8.69. The van der Waals surface area contributed by atoms with Gasteiger partial charge in [-0.25, -0.2) is 4.98 Å². The van der Waals surface area contributed by atoms with E-state index < -0.39 is 12.1 Å². The van der Waals surface area contributed by atoms with E-state index in [1.54, 1.807) is 12.5 Å². The summed E-state index contributed by atoms with van der Waals surface area (Å²) in [4.78, 5) is 40.3. The number of hydrogen-bond acceptors (Lipinski definition) is 4. The molecule has 1 aromatic rings. The number of carbonyl (C=O) groups excluding carboxylic acids is 3. The smallest absolute Gasteiger partial charge is 0.243 e. The van der Waals surface area contributed by atoms with Crippen molar-refractivity contribution in [3.05, 3.63) is 18.2 Å². The Hall–Kier alpha value is -2.18. The Bertz CT molecular complexity index is 443. The van der Waals surface area contributed by atoms with Gasteiger partial charge in [0.1, 0.15) is 12.1 Å². The van der Waals surface area contributed by atoms with Crippen LogP contribution in [0.1, 0.15) is 18.5 Å². The number of aromatic nitrogens is 2. The van der Waals surface area contributed by atoms with Crippen LogP contribution in [0.3, 0.4) is 0 Å². The van der Waals surface area contributed by atoms with Gasteiger partial charge in [0.25, 0.3) is 0 Å². The first-order valence-electron chi connectivity index (χ1n) is 5.64. The van der Waals surface area contributed by atoms with Crippen molar-refractivity contribution in [1.82, 2.24) is 20.6 Å². The number of aromatic amines is 1. The molecule has 3 N–H and O–H groups in total. The number of imidazole rings is 1. The van der Waals surface area contributed by atoms with Gasteiger partial charge in [0.05, 0.1) is 12.0 Å². The SMILES string of the molecule is O=[C][C@H](Cc1c[nH]cn1)NC(=O)[C@H]1CCC(=O)N1. The quantitative estimate of drug-likeness (QED) is 0.611. The van der Waals surface area contributed by atoms with E-state index in [1.807, 2.05) is 0 Å². The molecule has 0 aromatic carbocycles. The average Bonchev–Trinajstić information content (AvgIpc) is 2.99. The Morgan fingerprint density at radius 3 is 3.06 bits per heavy atom. The lowest BCUT2D eigenvalue weighted by atomic mass is 10.1.